The average Bonchev–Trinajstić information content (AvgIpc) is 2.01. The average molecular weight is 178 g/mol. The molecule has 0 saturated heterocycles. The van der Waals surface area contributed by atoms with E-state index in [0.717, 1.165) is 13.0 Å². The lowest BCUT2D eigenvalue weighted by Crippen LogP contribution is -2.27. The highest BCUT2D eigenvalue weighted by molar-refractivity contribution is 6.17. The molecular weight excluding hydrogens is 162 g/mol. The molecule has 11 heavy (non-hydrogen) atoms. The van der Waals surface area contributed by atoms with E-state index in [9.17, 15) is 4.79 Å². The van der Waals surface area contributed by atoms with Gasteiger partial charge in [-0.15, -0.1) is 11.6 Å². The minimum absolute atomic E-state index is 0.117. The van der Waals surface area contributed by atoms with E-state index in [-0.39, 0.29) is 5.91 Å². The van der Waals surface area contributed by atoms with E-state index in [1.807, 2.05) is 6.92 Å². The van der Waals surface area contributed by atoms with Crippen molar-refractivity contribution >= 4 is 17.5 Å². The summed E-state index contributed by atoms with van der Waals surface area (Å²) < 4.78 is 0. The molecule has 0 bridgehead atoms. The highest BCUT2D eigenvalue weighted by Crippen LogP contribution is 2.00. The van der Waals surface area contributed by atoms with Crippen molar-refractivity contribution in [3.05, 3.63) is 0 Å². The number of alkyl halides is 1. The minimum atomic E-state index is 0.117. The van der Waals surface area contributed by atoms with Crippen LogP contribution in [0.2, 0.25) is 0 Å². The first-order chi connectivity index (χ1) is 5.20. The molecule has 0 radical (unpaired) electrons. The van der Waals surface area contributed by atoms with Crippen LogP contribution in [0.4, 0.5) is 0 Å². The molecule has 0 fully saturated rings. The molecule has 0 spiro atoms. The second kappa shape index (κ2) is 6.47. The fourth-order valence-corrected chi connectivity index (χ4v) is 1.07. The highest BCUT2D eigenvalue weighted by Gasteiger charge is 2.02. The van der Waals surface area contributed by atoms with Crippen LogP contribution in [0.25, 0.3) is 0 Å². The largest absolute Gasteiger partial charge is 0.356 e. The molecule has 0 aromatic carbocycles. The van der Waals surface area contributed by atoms with Crippen molar-refractivity contribution < 1.29 is 4.79 Å². The Morgan fingerprint density at radius 3 is 2.73 bits per heavy atom. The topological polar surface area (TPSA) is 29.1 Å². The van der Waals surface area contributed by atoms with E-state index in [1.54, 1.807) is 0 Å². The normalized spacial score (nSPS) is 12.6. The Labute approximate surface area is 73.3 Å². The van der Waals surface area contributed by atoms with Crippen molar-refractivity contribution in [2.45, 2.75) is 26.7 Å². The van der Waals surface area contributed by atoms with Crippen LogP contribution >= 0.6 is 11.6 Å². The van der Waals surface area contributed by atoms with Crippen molar-refractivity contribution in [2.24, 2.45) is 5.92 Å². The fourth-order valence-electron chi connectivity index (χ4n) is 0.701. The highest BCUT2D eigenvalue weighted by atomic mass is 35.5. The van der Waals surface area contributed by atoms with Crippen molar-refractivity contribution in [3.63, 3.8) is 0 Å². The number of rotatable bonds is 5. The van der Waals surface area contributed by atoms with Gasteiger partial charge < -0.3 is 5.32 Å². The Balaban J connectivity index is 3.29. The smallest absolute Gasteiger partial charge is 0.219 e. The maximum Gasteiger partial charge on any atom is 0.219 e. The minimum Gasteiger partial charge on any atom is -0.356 e. The SMILES string of the molecule is CCC(=O)NCC(C)CCCl. The summed E-state index contributed by atoms with van der Waals surface area (Å²) >= 11 is 5.53. The van der Waals surface area contributed by atoms with Gasteiger partial charge in [-0.3, -0.25) is 4.79 Å². The molecule has 0 aliphatic rings. The predicted molar refractivity (Wildman–Crippen MR) is 47.8 cm³/mol. The Kier molecular flexibility index (Phi) is 6.33. The van der Waals surface area contributed by atoms with Crippen LogP contribution in [0.15, 0.2) is 0 Å². The van der Waals surface area contributed by atoms with Gasteiger partial charge in [0.1, 0.15) is 0 Å². The first-order valence-electron chi connectivity index (χ1n) is 4.03. The third-order valence-corrected chi connectivity index (χ3v) is 1.79. The van der Waals surface area contributed by atoms with Crippen LogP contribution in [0.5, 0.6) is 0 Å². The van der Waals surface area contributed by atoms with Gasteiger partial charge in [0.15, 0.2) is 0 Å². The molecule has 1 amide bonds. The Hall–Kier alpha value is -0.240. The number of hydrogen-bond donors (Lipinski definition) is 1. The summed E-state index contributed by atoms with van der Waals surface area (Å²) in [5.41, 5.74) is 0. The first-order valence-corrected chi connectivity index (χ1v) is 4.56. The van der Waals surface area contributed by atoms with Crippen LogP contribution in [-0.2, 0) is 4.79 Å². The number of carbonyl (C=O) groups is 1. The van der Waals surface area contributed by atoms with Crippen molar-refractivity contribution in [2.75, 3.05) is 12.4 Å². The lowest BCUT2D eigenvalue weighted by Gasteiger charge is -2.09. The lowest BCUT2D eigenvalue weighted by molar-refractivity contribution is -0.120. The number of halogens is 1. The molecule has 1 atom stereocenters. The van der Waals surface area contributed by atoms with Gasteiger partial charge in [-0.1, -0.05) is 13.8 Å². The van der Waals surface area contributed by atoms with Crippen LogP contribution in [0.1, 0.15) is 26.7 Å². The van der Waals surface area contributed by atoms with Crippen molar-refractivity contribution in [1.29, 1.82) is 0 Å². The molecular formula is C8H16ClNO. The molecule has 0 aromatic rings. The van der Waals surface area contributed by atoms with Gasteiger partial charge in [-0.05, 0) is 12.3 Å². The number of carbonyl (C=O) groups excluding carboxylic acids is 1. The van der Waals surface area contributed by atoms with Crippen LogP contribution in [0, 0.1) is 5.92 Å². The number of nitrogens with one attached hydrogen (secondary N) is 1. The first kappa shape index (κ1) is 10.8. The molecule has 0 heterocycles. The zero-order valence-electron chi connectivity index (χ0n) is 7.19. The summed E-state index contributed by atoms with van der Waals surface area (Å²) in [7, 11) is 0. The summed E-state index contributed by atoms with van der Waals surface area (Å²) in [6.07, 6.45) is 1.53. The summed E-state index contributed by atoms with van der Waals surface area (Å²) in [5, 5.41) is 2.82. The van der Waals surface area contributed by atoms with Gasteiger partial charge in [0, 0.05) is 18.8 Å². The van der Waals surface area contributed by atoms with Gasteiger partial charge in [-0.2, -0.15) is 0 Å². The second-order valence-corrected chi connectivity index (χ2v) is 3.12. The van der Waals surface area contributed by atoms with Crippen molar-refractivity contribution in [3.8, 4) is 0 Å². The second-order valence-electron chi connectivity index (χ2n) is 2.74. The molecule has 0 saturated carbocycles. The maximum atomic E-state index is 10.8. The third-order valence-electron chi connectivity index (χ3n) is 1.57. The quantitative estimate of drug-likeness (QED) is 0.638. The van der Waals surface area contributed by atoms with E-state index >= 15 is 0 Å². The third kappa shape index (κ3) is 6.17. The monoisotopic (exact) mass is 177 g/mol. The standard InChI is InChI=1S/C8H16ClNO/c1-3-8(11)10-6-7(2)4-5-9/h7H,3-6H2,1-2H3,(H,10,11). The van der Waals surface area contributed by atoms with E-state index in [2.05, 4.69) is 12.2 Å². The predicted octanol–water partition coefficient (Wildman–Crippen LogP) is 1.78. The van der Waals surface area contributed by atoms with Gasteiger partial charge in [-0.25, -0.2) is 0 Å². The van der Waals surface area contributed by atoms with E-state index in [4.69, 9.17) is 11.6 Å². The lowest BCUT2D eigenvalue weighted by atomic mass is 10.1. The summed E-state index contributed by atoms with van der Waals surface area (Å²) in [6, 6.07) is 0. The van der Waals surface area contributed by atoms with Crippen LogP contribution < -0.4 is 5.32 Å². The Morgan fingerprint density at radius 1 is 1.64 bits per heavy atom. The molecule has 2 nitrogen and oxygen atoms in total. The van der Waals surface area contributed by atoms with Gasteiger partial charge in [0.2, 0.25) is 5.91 Å². The molecule has 1 N–H and O–H groups in total. The molecule has 0 aromatic heterocycles. The molecule has 66 valence electrons. The van der Waals surface area contributed by atoms with E-state index < -0.39 is 0 Å². The summed E-state index contributed by atoms with van der Waals surface area (Å²) in [5.74, 6) is 1.28. The number of hydrogen-bond acceptors (Lipinski definition) is 1. The van der Waals surface area contributed by atoms with E-state index in [1.165, 1.54) is 0 Å². The molecule has 1 unspecified atom stereocenters. The van der Waals surface area contributed by atoms with Crippen molar-refractivity contribution in [1.82, 2.24) is 5.32 Å². The fraction of sp³-hybridized carbons (Fsp3) is 0.875. The van der Waals surface area contributed by atoms with Gasteiger partial charge in [0.05, 0.1) is 0 Å². The molecule has 0 rings (SSSR count). The van der Waals surface area contributed by atoms with Gasteiger partial charge in [0.25, 0.3) is 0 Å². The molecule has 0 aliphatic carbocycles. The summed E-state index contributed by atoms with van der Waals surface area (Å²) in [6.45, 7) is 4.68. The maximum absolute atomic E-state index is 10.8. The Bertz CT molecular complexity index is 117. The van der Waals surface area contributed by atoms with E-state index in [0.29, 0.717) is 18.2 Å². The van der Waals surface area contributed by atoms with Gasteiger partial charge >= 0.3 is 0 Å². The zero-order chi connectivity index (χ0) is 8.69. The summed E-state index contributed by atoms with van der Waals surface area (Å²) in [4.78, 5) is 10.8. The zero-order valence-corrected chi connectivity index (χ0v) is 7.95. The molecule has 0 aliphatic heterocycles. The van der Waals surface area contributed by atoms with Crippen LogP contribution in [0.3, 0.4) is 0 Å². The van der Waals surface area contributed by atoms with Crippen LogP contribution in [-0.4, -0.2) is 18.3 Å². The number of amides is 1. The molecule has 3 heteroatoms. The Morgan fingerprint density at radius 2 is 2.27 bits per heavy atom.